The summed E-state index contributed by atoms with van der Waals surface area (Å²) in [6.07, 6.45) is 0.510. The Hall–Kier alpha value is -2.52. The van der Waals surface area contributed by atoms with Crippen LogP contribution in [0.3, 0.4) is 0 Å². The highest BCUT2D eigenvalue weighted by molar-refractivity contribution is 7.99. The molecule has 2 heterocycles. The van der Waals surface area contributed by atoms with Crippen molar-refractivity contribution in [3.05, 3.63) is 48.5 Å². The predicted molar refractivity (Wildman–Crippen MR) is 132 cm³/mol. The first-order valence-corrected chi connectivity index (χ1v) is 13.8. The molecule has 0 saturated carbocycles. The van der Waals surface area contributed by atoms with Crippen molar-refractivity contribution in [2.24, 2.45) is 5.92 Å². The average Bonchev–Trinajstić information content (AvgIpc) is 3.35. The van der Waals surface area contributed by atoms with Gasteiger partial charge in [-0.05, 0) is 48.7 Å². The number of benzene rings is 2. The number of imidazole rings is 1. The third-order valence-corrected chi connectivity index (χ3v) is 8.39. The summed E-state index contributed by atoms with van der Waals surface area (Å²) in [7, 11) is -1.44. The summed E-state index contributed by atoms with van der Waals surface area (Å²) in [5, 5.41) is 0.721. The largest absolute Gasteiger partial charge is 0.497 e. The summed E-state index contributed by atoms with van der Waals surface area (Å²) < 4.78 is 31.4. The summed E-state index contributed by atoms with van der Waals surface area (Å²) in [5.74, 6) is 1.38. The lowest BCUT2D eigenvalue weighted by atomic mass is 10.1. The molecule has 0 aliphatic carbocycles. The summed E-state index contributed by atoms with van der Waals surface area (Å²) in [4.78, 5) is 19.8. The van der Waals surface area contributed by atoms with E-state index in [1.54, 1.807) is 12.0 Å². The number of para-hydroxylation sites is 2. The monoisotopic (exact) mass is 487 g/mol. The number of sulfone groups is 1. The number of fused-ring (bicyclic) bond motifs is 1. The van der Waals surface area contributed by atoms with Gasteiger partial charge in [0.25, 0.3) is 0 Å². The van der Waals surface area contributed by atoms with Crippen molar-refractivity contribution in [1.29, 1.82) is 0 Å². The zero-order valence-electron chi connectivity index (χ0n) is 19.1. The Kier molecular flexibility index (Phi) is 6.99. The molecule has 1 fully saturated rings. The van der Waals surface area contributed by atoms with E-state index in [-0.39, 0.29) is 35.1 Å². The molecular weight excluding hydrogens is 458 g/mol. The molecule has 1 aromatic heterocycles. The smallest absolute Gasteiger partial charge is 0.233 e. The summed E-state index contributed by atoms with van der Waals surface area (Å²) in [5.41, 5.74) is 2.74. The molecule has 1 amide bonds. The maximum atomic E-state index is 13.3. The first-order valence-electron chi connectivity index (χ1n) is 11.0. The van der Waals surface area contributed by atoms with E-state index in [1.807, 2.05) is 66.9 Å². The fourth-order valence-corrected chi connectivity index (χ4v) is 6.80. The molecule has 33 heavy (non-hydrogen) atoms. The molecule has 2 aromatic carbocycles. The van der Waals surface area contributed by atoms with Crippen molar-refractivity contribution in [3.63, 3.8) is 0 Å². The van der Waals surface area contributed by atoms with Gasteiger partial charge in [-0.1, -0.05) is 37.7 Å². The van der Waals surface area contributed by atoms with E-state index < -0.39 is 9.84 Å². The Labute approximate surface area is 199 Å². The van der Waals surface area contributed by atoms with Gasteiger partial charge in [0.15, 0.2) is 15.0 Å². The topological polar surface area (TPSA) is 81.5 Å². The molecule has 3 aromatic rings. The van der Waals surface area contributed by atoms with Crippen LogP contribution in [0.4, 0.5) is 0 Å². The van der Waals surface area contributed by atoms with Gasteiger partial charge >= 0.3 is 0 Å². The fraction of sp³-hybridized carbons (Fsp3) is 0.417. The van der Waals surface area contributed by atoms with Crippen molar-refractivity contribution in [2.45, 2.75) is 31.5 Å². The van der Waals surface area contributed by atoms with E-state index in [4.69, 9.17) is 9.72 Å². The number of carbonyl (C=O) groups excluding carboxylic acids is 1. The van der Waals surface area contributed by atoms with Crippen LogP contribution in [0.5, 0.6) is 5.75 Å². The Morgan fingerprint density at radius 2 is 1.94 bits per heavy atom. The van der Waals surface area contributed by atoms with Crippen LogP contribution in [-0.2, 0) is 14.6 Å². The van der Waals surface area contributed by atoms with Crippen molar-refractivity contribution < 1.29 is 17.9 Å². The Bertz CT molecular complexity index is 1240. The van der Waals surface area contributed by atoms with Gasteiger partial charge in [-0.3, -0.25) is 9.36 Å². The Balaban J connectivity index is 1.59. The molecule has 1 atom stereocenters. The third kappa shape index (κ3) is 5.35. The van der Waals surface area contributed by atoms with Crippen molar-refractivity contribution in [2.75, 3.05) is 30.9 Å². The highest BCUT2D eigenvalue weighted by Gasteiger charge is 2.35. The van der Waals surface area contributed by atoms with Gasteiger partial charge in [-0.15, -0.1) is 0 Å². The van der Waals surface area contributed by atoms with Crippen LogP contribution in [0.15, 0.2) is 53.7 Å². The van der Waals surface area contributed by atoms with Crippen molar-refractivity contribution in [3.8, 4) is 11.4 Å². The van der Waals surface area contributed by atoms with E-state index in [1.165, 1.54) is 11.8 Å². The van der Waals surface area contributed by atoms with Gasteiger partial charge in [0.2, 0.25) is 5.91 Å². The molecule has 4 rings (SSSR count). The van der Waals surface area contributed by atoms with E-state index in [9.17, 15) is 13.2 Å². The summed E-state index contributed by atoms with van der Waals surface area (Å²) >= 11 is 1.38. The molecule has 1 aliphatic heterocycles. The van der Waals surface area contributed by atoms with Crippen molar-refractivity contribution >= 4 is 38.5 Å². The Morgan fingerprint density at radius 1 is 1.21 bits per heavy atom. The number of rotatable bonds is 8. The molecule has 0 spiro atoms. The molecule has 176 valence electrons. The maximum Gasteiger partial charge on any atom is 0.233 e. The van der Waals surface area contributed by atoms with Gasteiger partial charge in [-0.2, -0.15) is 0 Å². The fourth-order valence-electron chi connectivity index (χ4n) is 4.16. The molecule has 0 radical (unpaired) electrons. The molecule has 1 aliphatic rings. The molecule has 1 unspecified atom stereocenters. The van der Waals surface area contributed by atoms with Crippen LogP contribution in [-0.4, -0.2) is 65.7 Å². The SMILES string of the molecule is COc1ccc(-n2c(SCC(=O)N(CC(C)C)C3CCS(=O)(=O)C3)nc3ccccc32)cc1. The summed E-state index contributed by atoms with van der Waals surface area (Å²) in [6.45, 7) is 4.63. The first kappa shape index (κ1) is 23.6. The number of hydrogen-bond acceptors (Lipinski definition) is 6. The molecule has 9 heteroatoms. The number of methoxy groups -OCH3 is 1. The minimum Gasteiger partial charge on any atom is -0.497 e. The number of ether oxygens (including phenoxy) is 1. The molecule has 1 saturated heterocycles. The second-order valence-electron chi connectivity index (χ2n) is 8.70. The lowest BCUT2D eigenvalue weighted by Crippen LogP contribution is -2.44. The van der Waals surface area contributed by atoms with Gasteiger partial charge in [-0.25, -0.2) is 13.4 Å². The zero-order chi connectivity index (χ0) is 23.6. The molecule has 0 bridgehead atoms. The second-order valence-corrected chi connectivity index (χ2v) is 11.9. The van der Waals surface area contributed by atoms with E-state index in [2.05, 4.69) is 0 Å². The van der Waals surface area contributed by atoms with Gasteiger partial charge < -0.3 is 9.64 Å². The van der Waals surface area contributed by atoms with Gasteiger partial charge in [0.1, 0.15) is 5.75 Å². The highest BCUT2D eigenvalue weighted by Crippen LogP contribution is 2.30. The van der Waals surface area contributed by atoms with Gasteiger partial charge in [0, 0.05) is 18.3 Å². The maximum absolute atomic E-state index is 13.3. The number of thioether (sulfide) groups is 1. The number of aromatic nitrogens is 2. The predicted octanol–water partition coefficient (Wildman–Crippen LogP) is 3.80. The van der Waals surface area contributed by atoms with Crippen LogP contribution in [0, 0.1) is 5.92 Å². The minimum absolute atomic E-state index is 0.0517. The molecular formula is C24H29N3O4S2. The number of nitrogens with zero attached hydrogens (tertiary/aromatic N) is 3. The van der Waals surface area contributed by atoms with Crippen LogP contribution in [0.1, 0.15) is 20.3 Å². The average molecular weight is 488 g/mol. The van der Waals surface area contributed by atoms with Crippen LogP contribution >= 0.6 is 11.8 Å². The van der Waals surface area contributed by atoms with Crippen LogP contribution in [0.2, 0.25) is 0 Å². The van der Waals surface area contributed by atoms with Gasteiger partial charge in [0.05, 0.1) is 35.4 Å². The van der Waals surface area contributed by atoms with E-state index >= 15 is 0 Å². The minimum atomic E-state index is -3.07. The second kappa shape index (κ2) is 9.77. The third-order valence-electron chi connectivity index (χ3n) is 5.72. The van der Waals surface area contributed by atoms with Crippen molar-refractivity contribution in [1.82, 2.24) is 14.5 Å². The number of hydrogen-bond donors (Lipinski definition) is 0. The highest BCUT2D eigenvalue weighted by atomic mass is 32.2. The standard InChI is InChI=1S/C24H29N3O4S2/c1-17(2)14-26(19-12-13-33(29,30)16-19)23(28)15-32-24-25-21-6-4-5-7-22(21)27(24)18-8-10-20(31-3)11-9-18/h4-11,17,19H,12-16H2,1-3H3. The van der Waals surface area contributed by atoms with E-state index in [0.29, 0.717) is 13.0 Å². The van der Waals surface area contributed by atoms with Crippen LogP contribution < -0.4 is 4.74 Å². The first-order chi connectivity index (χ1) is 15.8. The van der Waals surface area contributed by atoms with Crippen LogP contribution in [0.25, 0.3) is 16.7 Å². The number of carbonyl (C=O) groups is 1. The van der Waals surface area contributed by atoms with E-state index in [0.717, 1.165) is 27.6 Å². The Morgan fingerprint density at radius 3 is 2.58 bits per heavy atom. The lowest BCUT2D eigenvalue weighted by Gasteiger charge is -2.30. The normalized spacial score (nSPS) is 17.5. The lowest BCUT2D eigenvalue weighted by molar-refractivity contribution is -0.130. The summed E-state index contributed by atoms with van der Waals surface area (Å²) in [6, 6.07) is 15.4. The molecule has 7 nitrogen and oxygen atoms in total. The number of amides is 1. The molecule has 0 N–H and O–H groups in total. The zero-order valence-corrected chi connectivity index (χ0v) is 20.7. The quantitative estimate of drug-likeness (QED) is 0.450.